The molecule has 9 nitrogen and oxygen atoms in total. The Morgan fingerprint density at radius 1 is 1.15 bits per heavy atom. The van der Waals surface area contributed by atoms with Crippen molar-refractivity contribution in [2.75, 3.05) is 59.7 Å². The Morgan fingerprint density at radius 3 is 2.59 bits per heavy atom. The molecule has 2 aliphatic heterocycles. The van der Waals surface area contributed by atoms with Gasteiger partial charge in [0, 0.05) is 64.9 Å². The number of methoxy groups -OCH3 is 1. The number of piperidine rings is 1. The fourth-order valence-corrected chi connectivity index (χ4v) is 6.64. The molecule has 1 aromatic heterocycles. The van der Waals surface area contributed by atoms with Gasteiger partial charge in [0.05, 0.1) is 19.1 Å². The molecular weight excluding hydrogens is 518 g/mol. The maximum atomic E-state index is 14.4. The van der Waals surface area contributed by atoms with E-state index in [9.17, 15) is 9.59 Å². The van der Waals surface area contributed by atoms with E-state index in [2.05, 4.69) is 23.7 Å². The van der Waals surface area contributed by atoms with E-state index in [4.69, 9.17) is 26.1 Å². The minimum atomic E-state index is -0.156. The van der Waals surface area contributed by atoms with Crippen molar-refractivity contribution in [3.63, 3.8) is 0 Å². The van der Waals surface area contributed by atoms with Crippen molar-refractivity contribution in [2.24, 2.45) is 11.8 Å². The average Bonchev–Trinajstić information content (AvgIpc) is 3.29. The molecule has 220 valence electrons. The summed E-state index contributed by atoms with van der Waals surface area (Å²) < 4.78 is 12.8. The number of carbonyl (C=O) groups is 2. The van der Waals surface area contributed by atoms with E-state index in [1.165, 1.54) is 19.3 Å². The molecule has 0 radical (unpaired) electrons. The number of amides is 2. The maximum Gasteiger partial charge on any atom is 0.274 e. The van der Waals surface area contributed by atoms with Crippen molar-refractivity contribution < 1.29 is 19.1 Å². The lowest BCUT2D eigenvalue weighted by atomic mass is 9.88. The summed E-state index contributed by atoms with van der Waals surface area (Å²) in [4.78, 5) is 36.4. The largest absolute Gasteiger partial charge is 0.385 e. The van der Waals surface area contributed by atoms with Gasteiger partial charge in [-0.25, -0.2) is 4.98 Å². The van der Waals surface area contributed by atoms with Crippen LogP contribution in [0, 0.1) is 11.8 Å². The number of nitrogens with one attached hydrogen (secondary N) is 1. The van der Waals surface area contributed by atoms with Gasteiger partial charge >= 0.3 is 0 Å². The van der Waals surface area contributed by atoms with Crippen LogP contribution in [0.15, 0.2) is 0 Å². The molecule has 1 aliphatic carbocycles. The van der Waals surface area contributed by atoms with Crippen LogP contribution in [0.1, 0.15) is 87.4 Å². The summed E-state index contributed by atoms with van der Waals surface area (Å²) in [7, 11) is 1.72. The van der Waals surface area contributed by atoms with E-state index in [0.717, 1.165) is 31.5 Å². The molecular formula is C29H48ClN5O4. The number of ether oxygens (including phenoxy) is 2. The lowest BCUT2D eigenvalue weighted by Gasteiger charge is -2.40. The first-order valence-electron chi connectivity index (χ1n) is 15.0. The predicted octanol–water partition coefficient (Wildman–Crippen LogP) is 3.95. The predicted molar refractivity (Wildman–Crippen MR) is 152 cm³/mol. The van der Waals surface area contributed by atoms with E-state index in [-0.39, 0.29) is 29.7 Å². The second-order valence-corrected chi connectivity index (χ2v) is 12.2. The highest BCUT2D eigenvalue weighted by Crippen LogP contribution is 2.35. The number of morpholine rings is 1. The van der Waals surface area contributed by atoms with Crippen LogP contribution >= 0.6 is 11.6 Å². The van der Waals surface area contributed by atoms with Gasteiger partial charge in [0.2, 0.25) is 5.91 Å². The summed E-state index contributed by atoms with van der Waals surface area (Å²) in [6.07, 6.45) is 8.27. The summed E-state index contributed by atoms with van der Waals surface area (Å²) >= 11 is 6.81. The molecule has 1 N–H and O–H groups in total. The van der Waals surface area contributed by atoms with Crippen molar-refractivity contribution in [3.8, 4) is 0 Å². The van der Waals surface area contributed by atoms with E-state index < -0.39 is 0 Å². The number of unbranched alkanes of at least 4 members (excludes halogenated alkanes) is 1. The maximum absolute atomic E-state index is 14.4. The topological polar surface area (TPSA) is 88.9 Å². The minimum Gasteiger partial charge on any atom is -0.385 e. The third-order valence-corrected chi connectivity index (χ3v) is 8.63. The molecule has 3 aliphatic rings. The highest BCUT2D eigenvalue weighted by Gasteiger charge is 2.38. The van der Waals surface area contributed by atoms with Gasteiger partial charge in [0.1, 0.15) is 11.5 Å². The Hall–Kier alpha value is -1.68. The molecule has 3 fully saturated rings. The number of hydrogen-bond acceptors (Lipinski definition) is 6. The normalized spacial score (nSPS) is 22.8. The first-order valence-corrected chi connectivity index (χ1v) is 15.4. The van der Waals surface area contributed by atoms with Gasteiger partial charge < -0.3 is 29.2 Å². The molecule has 3 heterocycles. The number of carbonyl (C=O) groups excluding carboxylic acids is 2. The molecule has 0 bridgehead atoms. The first kappa shape index (κ1) is 30.3. The second kappa shape index (κ2) is 14.8. The fraction of sp³-hybridized carbons (Fsp3) is 0.828. The molecule has 0 aromatic carbocycles. The molecule has 1 aromatic rings. The Morgan fingerprint density at radius 2 is 1.90 bits per heavy atom. The molecule has 4 rings (SSSR count). The van der Waals surface area contributed by atoms with E-state index in [1.807, 2.05) is 9.80 Å². The van der Waals surface area contributed by atoms with Gasteiger partial charge in [-0.05, 0) is 38.0 Å². The molecule has 0 unspecified atom stereocenters. The average molecular weight is 566 g/mol. The number of hydrogen-bond donors (Lipinski definition) is 1. The Balaban J connectivity index is 1.59. The van der Waals surface area contributed by atoms with E-state index in [1.54, 1.807) is 7.11 Å². The summed E-state index contributed by atoms with van der Waals surface area (Å²) in [6.45, 7) is 10.0. The number of halogens is 1. The van der Waals surface area contributed by atoms with Crippen LogP contribution in [0.4, 0.5) is 0 Å². The monoisotopic (exact) mass is 565 g/mol. The Labute approximate surface area is 238 Å². The summed E-state index contributed by atoms with van der Waals surface area (Å²) in [5.74, 6) is 1.52. The van der Waals surface area contributed by atoms with Crippen molar-refractivity contribution in [1.29, 1.82) is 0 Å². The van der Waals surface area contributed by atoms with Crippen molar-refractivity contribution >= 4 is 23.4 Å². The van der Waals surface area contributed by atoms with Crippen molar-refractivity contribution in [2.45, 2.75) is 83.7 Å². The first-order chi connectivity index (χ1) is 18.9. The van der Waals surface area contributed by atoms with Gasteiger partial charge in [0.15, 0.2) is 5.15 Å². The summed E-state index contributed by atoms with van der Waals surface area (Å²) in [5, 5.41) is 3.77. The van der Waals surface area contributed by atoms with Crippen LogP contribution in [0.3, 0.4) is 0 Å². The highest BCUT2D eigenvalue weighted by molar-refractivity contribution is 6.32. The third-order valence-electron chi connectivity index (χ3n) is 8.37. The van der Waals surface area contributed by atoms with Crippen molar-refractivity contribution in [3.05, 3.63) is 16.7 Å². The van der Waals surface area contributed by atoms with Crippen molar-refractivity contribution in [1.82, 2.24) is 24.7 Å². The van der Waals surface area contributed by atoms with Crippen LogP contribution in [0.25, 0.3) is 0 Å². The van der Waals surface area contributed by atoms with E-state index in [0.29, 0.717) is 82.3 Å². The van der Waals surface area contributed by atoms with Crippen LogP contribution in [0.5, 0.6) is 0 Å². The third kappa shape index (κ3) is 7.75. The number of imidazole rings is 1. The number of aromatic nitrogens is 2. The number of nitrogens with zero attached hydrogens (tertiary/aromatic N) is 4. The Kier molecular flexibility index (Phi) is 11.5. The molecule has 0 spiro atoms. The quantitative estimate of drug-likeness (QED) is 0.409. The SMILES string of the molecule is COCCCCn1c(C2CCCCC2)nc(Cl)c1C(=O)N(CC(C)C)[C@@H]1CNC[C@H](C(=O)N2CCOCC2)C1. The standard InChI is InChI=1S/C29H48ClN5O4/c1-21(2)20-35(24-17-23(18-31-19-24)28(36)33-12-15-39-16-13-33)29(37)25-26(30)32-27(22-9-5-4-6-10-22)34(25)11-7-8-14-38-3/h21-24,31H,4-20H2,1-3H3/t23-,24+/m1/s1. The molecule has 1 saturated carbocycles. The van der Waals surface area contributed by atoms with Crippen LogP contribution in [-0.4, -0.2) is 96.9 Å². The van der Waals surface area contributed by atoms with Crippen LogP contribution in [-0.2, 0) is 20.8 Å². The smallest absolute Gasteiger partial charge is 0.274 e. The molecule has 2 atom stereocenters. The zero-order valence-electron chi connectivity index (χ0n) is 24.1. The summed E-state index contributed by atoms with van der Waals surface area (Å²) in [6, 6.07) is -0.0883. The summed E-state index contributed by atoms with van der Waals surface area (Å²) in [5.41, 5.74) is 0.511. The second-order valence-electron chi connectivity index (χ2n) is 11.8. The van der Waals surface area contributed by atoms with Crippen LogP contribution in [0.2, 0.25) is 5.15 Å². The number of rotatable bonds is 11. The zero-order valence-corrected chi connectivity index (χ0v) is 24.9. The molecule has 2 amide bonds. The molecule has 10 heteroatoms. The Bertz CT molecular complexity index is 942. The lowest BCUT2D eigenvalue weighted by molar-refractivity contribution is -0.140. The van der Waals surface area contributed by atoms with Gasteiger partial charge in [-0.15, -0.1) is 0 Å². The molecule has 39 heavy (non-hydrogen) atoms. The lowest BCUT2D eigenvalue weighted by Crippen LogP contribution is -2.56. The fourth-order valence-electron chi connectivity index (χ4n) is 6.37. The van der Waals surface area contributed by atoms with Gasteiger partial charge in [0.25, 0.3) is 5.91 Å². The van der Waals surface area contributed by atoms with Crippen LogP contribution < -0.4 is 5.32 Å². The minimum absolute atomic E-state index is 0.0683. The molecule has 2 saturated heterocycles. The van der Waals surface area contributed by atoms with E-state index >= 15 is 0 Å². The zero-order chi connectivity index (χ0) is 27.8. The highest BCUT2D eigenvalue weighted by atomic mass is 35.5. The van der Waals surface area contributed by atoms with Gasteiger partial charge in [-0.1, -0.05) is 44.7 Å². The van der Waals surface area contributed by atoms with Gasteiger partial charge in [-0.2, -0.15) is 0 Å². The van der Waals surface area contributed by atoms with Gasteiger partial charge in [-0.3, -0.25) is 9.59 Å².